The maximum atomic E-state index is 12.4. The van der Waals surface area contributed by atoms with Crippen molar-refractivity contribution in [2.75, 3.05) is 7.11 Å². The molecule has 3 heterocycles. The monoisotopic (exact) mass is 395 g/mol. The minimum atomic E-state index is -0.473. The summed E-state index contributed by atoms with van der Waals surface area (Å²) in [6.07, 6.45) is 1.45. The van der Waals surface area contributed by atoms with Crippen molar-refractivity contribution >= 4 is 16.9 Å². The summed E-state index contributed by atoms with van der Waals surface area (Å²) in [6.45, 7) is 5.83. The lowest BCUT2D eigenvalue weighted by molar-refractivity contribution is 0.0885. The molecule has 4 rings (SSSR count). The molecule has 150 valence electrons. The maximum Gasteiger partial charge on any atom is 0.287 e. The first-order valence-corrected chi connectivity index (χ1v) is 9.23. The van der Waals surface area contributed by atoms with Gasteiger partial charge in [0.1, 0.15) is 17.4 Å². The van der Waals surface area contributed by atoms with Crippen LogP contribution in [0.25, 0.3) is 22.6 Å². The number of methoxy groups -OCH3 is 1. The number of aryl methyl sites for hydroxylation is 1. The highest BCUT2D eigenvalue weighted by molar-refractivity contribution is 5.91. The van der Waals surface area contributed by atoms with Crippen molar-refractivity contribution in [1.82, 2.24) is 15.5 Å². The highest BCUT2D eigenvalue weighted by Gasteiger charge is 2.27. The van der Waals surface area contributed by atoms with Gasteiger partial charge in [-0.25, -0.2) is 0 Å². The molecule has 0 saturated heterocycles. The number of ether oxygens (including phenoxy) is 1. The molecule has 1 aromatic carbocycles. The molecule has 8 nitrogen and oxygen atoms in total. The Labute approximate surface area is 166 Å². The third kappa shape index (κ3) is 3.49. The van der Waals surface area contributed by atoms with Gasteiger partial charge < -0.3 is 23.4 Å². The number of hydrogen-bond acceptors (Lipinski definition) is 7. The Morgan fingerprint density at radius 2 is 2.07 bits per heavy atom. The first kappa shape index (κ1) is 18.8. The zero-order valence-electron chi connectivity index (χ0n) is 16.6. The van der Waals surface area contributed by atoms with Crippen LogP contribution in [0.3, 0.4) is 0 Å². The fourth-order valence-corrected chi connectivity index (χ4v) is 3.13. The molecule has 0 aliphatic heterocycles. The summed E-state index contributed by atoms with van der Waals surface area (Å²) in [6, 6.07) is 8.35. The number of benzene rings is 1. The number of carbonyl (C=O) groups is 1. The number of amides is 1. The third-order valence-electron chi connectivity index (χ3n) is 4.75. The second-order valence-corrected chi connectivity index (χ2v) is 7.05. The summed E-state index contributed by atoms with van der Waals surface area (Å²) in [5.41, 5.74) is 1.59. The lowest BCUT2D eigenvalue weighted by Gasteiger charge is -2.17. The van der Waals surface area contributed by atoms with Crippen LogP contribution in [-0.2, 0) is 0 Å². The van der Waals surface area contributed by atoms with E-state index in [1.807, 2.05) is 39.0 Å². The summed E-state index contributed by atoms with van der Waals surface area (Å²) in [7, 11) is 1.62. The number of carbonyl (C=O) groups excluding carboxylic acids is 1. The molecule has 3 aromatic heterocycles. The van der Waals surface area contributed by atoms with Gasteiger partial charge in [0.15, 0.2) is 11.5 Å². The summed E-state index contributed by atoms with van der Waals surface area (Å²) >= 11 is 0. The van der Waals surface area contributed by atoms with Crippen molar-refractivity contribution in [3.63, 3.8) is 0 Å². The Morgan fingerprint density at radius 1 is 1.24 bits per heavy atom. The number of fused-ring (bicyclic) bond motifs is 1. The van der Waals surface area contributed by atoms with Crippen molar-refractivity contribution in [2.24, 2.45) is 5.92 Å². The molecule has 0 radical (unpaired) electrons. The van der Waals surface area contributed by atoms with E-state index in [1.165, 1.54) is 6.26 Å². The van der Waals surface area contributed by atoms with Crippen molar-refractivity contribution in [3.05, 3.63) is 53.8 Å². The van der Waals surface area contributed by atoms with Crippen molar-refractivity contribution < 1.29 is 22.9 Å². The van der Waals surface area contributed by atoms with Gasteiger partial charge >= 0.3 is 0 Å². The van der Waals surface area contributed by atoms with Gasteiger partial charge in [0, 0.05) is 10.9 Å². The second-order valence-electron chi connectivity index (χ2n) is 7.05. The zero-order chi connectivity index (χ0) is 20.5. The van der Waals surface area contributed by atoms with Crippen molar-refractivity contribution in [2.45, 2.75) is 26.8 Å². The molecule has 1 N–H and O–H groups in total. The topological polar surface area (TPSA) is 104 Å². The SMILES string of the molecule is COc1ccc2oc(-c3noc([C@H](NC(=O)c4ccco4)C(C)C)n3)c(C)c2c1. The summed E-state index contributed by atoms with van der Waals surface area (Å²) in [4.78, 5) is 16.9. The standard InChI is InChI=1S/C21H21N3O5/c1-11(2)17(22-20(25)16-6-5-9-27-16)21-23-19(24-29-21)18-12(3)14-10-13(26-4)7-8-15(14)28-18/h5-11,17H,1-4H3,(H,22,25)/t17-/m1/s1. The second kappa shape index (κ2) is 7.46. The van der Waals surface area contributed by atoms with Gasteiger partial charge in [-0.05, 0) is 43.2 Å². The van der Waals surface area contributed by atoms with Crippen LogP contribution in [0.4, 0.5) is 0 Å². The van der Waals surface area contributed by atoms with Gasteiger partial charge in [-0.3, -0.25) is 4.79 Å². The number of aromatic nitrogens is 2. The van der Waals surface area contributed by atoms with E-state index >= 15 is 0 Å². The first-order valence-electron chi connectivity index (χ1n) is 9.23. The van der Waals surface area contributed by atoms with Gasteiger partial charge in [-0.1, -0.05) is 19.0 Å². The molecular formula is C21H21N3O5. The van der Waals surface area contributed by atoms with Crippen molar-refractivity contribution in [3.8, 4) is 17.3 Å². The number of hydrogen-bond donors (Lipinski definition) is 1. The largest absolute Gasteiger partial charge is 0.497 e. The van der Waals surface area contributed by atoms with Crippen LogP contribution in [0.1, 0.15) is 41.9 Å². The summed E-state index contributed by atoms with van der Waals surface area (Å²) < 4.78 is 21.8. The van der Waals surface area contributed by atoms with Crippen LogP contribution in [-0.4, -0.2) is 23.2 Å². The van der Waals surface area contributed by atoms with Crippen LogP contribution in [0.15, 0.2) is 50.0 Å². The fourth-order valence-electron chi connectivity index (χ4n) is 3.13. The maximum absolute atomic E-state index is 12.4. The number of furan rings is 2. The first-order chi connectivity index (χ1) is 14.0. The number of nitrogens with one attached hydrogen (secondary N) is 1. The quantitative estimate of drug-likeness (QED) is 0.512. The Hall–Kier alpha value is -3.55. The van der Waals surface area contributed by atoms with Crippen LogP contribution in [0.5, 0.6) is 5.75 Å². The molecule has 0 saturated carbocycles. The van der Waals surface area contributed by atoms with E-state index in [1.54, 1.807) is 19.2 Å². The molecule has 0 fully saturated rings. The molecule has 4 aromatic rings. The number of rotatable bonds is 6. The predicted molar refractivity (Wildman–Crippen MR) is 105 cm³/mol. The predicted octanol–water partition coefficient (Wildman–Crippen LogP) is 4.52. The molecule has 0 aliphatic rings. The molecule has 0 bridgehead atoms. The van der Waals surface area contributed by atoms with Gasteiger partial charge in [0.25, 0.3) is 5.91 Å². The van der Waals surface area contributed by atoms with Crippen molar-refractivity contribution in [1.29, 1.82) is 0 Å². The average molecular weight is 395 g/mol. The molecule has 1 atom stereocenters. The minimum Gasteiger partial charge on any atom is -0.497 e. The zero-order valence-corrected chi connectivity index (χ0v) is 16.6. The average Bonchev–Trinajstić information content (AvgIpc) is 3.46. The van der Waals surface area contributed by atoms with E-state index in [9.17, 15) is 4.79 Å². The third-order valence-corrected chi connectivity index (χ3v) is 4.75. The normalized spacial score (nSPS) is 12.4. The van der Waals surface area contributed by atoms with Crippen LogP contribution in [0.2, 0.25) is 0 Å². The van der Waals surface area contributed by atoms with Gasteiger partial charge in [0.2, 0.25) is 11.7 Å². The fraction of sp³-hybridized carbons (Fsp3) is 0.286. The van der Waals surface area contributed by atoms with Gasteiger partial charge in [0.05, 0.1) is 13.4 Å². The Balaban J connectivity index is 1.65. The van der Waals surface area contributed by atoms with Crippen LogP contribution in [0, 0.1) is 12.8 Å². The van der Waals surface area contributed by atoms with Gasteiger partial charge in [-0.15, -0.1) is 0 Å². The smallest absolute Gasteiger partial charge is 0.287 e. The molecule has 1 amide bonds. The molecule has 29 heavy (non-hydrogen) atoms. The summed E-state index contributed by atoms with van der Waals surface area (Å²) in [5, 5.41) is 7.87. The lowest BCUT2D eigenvalue weighted by Crippen LogP contribution is -2.31. The molecule has 0 unspecified atom stereocenters. The van der Waals surface area contributed by atoms with E-state index in [-0.39, 0.29) is 17.6 Å². The Kier molecular flexibility index (Phi) is 4.84. The molecule has 0 spiro atoms. The van der Waals surface area contributed by atoms with E-state index in [0.717, 1.165) is 16.7 Å². The lowest BCUT2D eigenvalue weighted by atomic mass is 10.0. The van der Waals surface area contributed by atoms with E-state index < -0.39 is 6.04 Å². The van der Waals surface area contributed by atoms with E-state index in [4.69, 9.17) is 18.1 Å². The summed E-state index contributed by atoms with van der Waals surface area (Å²) in [5.74, 6) is 1.77. The van der Waals surface area contributed by atoms with E-state index in [0.29, 0.717) is 23.1 Å². The number of nitrogens with zero attached hydrogens (tertiary/aromatic N) is 2. The molecule has 8 heteroatoms. The minimum absolute atomic E-state index is 0.0169. The highest BCUT2D eigenvalue weighted by Crippen LogP contribution is 2.34. The van der Waals surface area contributed by atoms with E-state index in [2.05, 4.69) is 15.5 Å². The molecule has 0 aliphatic carbocycles. The van der Waals surface area contributed by atoms with Crippen LogP contribution < -0.4 is 10.1 Å². The highest BCUT2D eigenvalue weighted by atomic mass is 16.5. The Morgan fingerprint density at radius 3 is 2.76 bits per heavy atom. The molecular weight excluding hydrogens is 374 g/mol. The van der Waals surface area contributed by atoms with Crippen LogP contribution >= 0.6 is 0 Å². The van der Waals surface area contributed by atoms with Gasteiger partial charge in [-0.2, -0.15) is 4.98 Å². The Bertz CT molecular complexity index is 1140.